The van der Waals surface area contributed by atoms with Gasteiger partial charge in [0.2, 0.25) is 0 Å². The zero-order valence-corrected chi connectivity index (χ0v) is 13.4. The van der Waals surface area contributed by atoms with E-state index in [1.54, 1.807) is 7.11 Å². The normalized spacial score (nSPS) is 35.8. The fourth-order valence-electron chi connectivity index (χ4n) is 5.29. The van der Waals surface area contributed by atoms with Crippen molar-refractivity contribution in [3.8, 4) is 5.75 Å². The fraction of sp³-hybridized carbons (Fsp3) is 0.611. The molecule has 22 heavy (non-hydrogen) atoms. The average molecular weight is 300 g/mol. The van der Waals surface area contributed by atoms with Crippen LogP contribution in [0.1, 0.15) is 43.2 Å². The number of piperidine rings is 1. The van der Waals surface area contributed by atoms with Gasteiger partial charge in [-0.15, -0.1) is 0 Å². The molecule has 4 rings (SSSR count). The summed E-state index contributed by atoms with van der Waals surface area (Å²) in [4.78, 5) is 2.39. The average Bonchev–Trinajstić information content (AvgIpc) is 2.57. The van der Waals surface area contributed by atoms with E-state index in [-0.39, 0.29) is 11.5 Å². The van der Waals surface area contributed by atoms with Crippen molar-refractivity contribution in [2.75, 3.05) is 20.7 Å². The van der Waals surface area contributed by atoms with E-state index in [1.807, 2.05) is 6.07 Å². The molecule has 1 N–H and O–H groups in total. The van der Waals surface area contributed by atoms with Crippen LogP contribution in [0.25, 0.3) is 0 Å². The van der Waals surface area contributed by atoms with Gasteiger partial charge < -0.3 is 9.94 Å². The molecule has 2 aliphatic carbocycles. The lowest BCUT2D eigenvalue weighted by Gasteiger charge is -2.58. The molecule has 1 saturated heterocycles. The molecule has 0 unspecified atom stereocenters. The van der Waals surface area contributed by atoms with Crippen molar-refractivity contribution < 1.29 is 9.94 Å². The minimum Gasteiger partial charge on any atom is -0.497 e. The number of oxime groups is 1. The third-order valence-corrected chi connectivity index (χ3v) is 6.29. The molecule has 0 amide bonds. The van der Waals surface area contributed by atoms with Gasteiger partial charge in [0.15, 0.2) is 0 Å². The van der Waals surface area contributed by atoms with Crippen molar-refractivity contribution in [1.29, 1.82) is 0 Å². The molecule has 1 aromatic rings. The number of rotatable bonds is 1. The fourth-order valence-corrected chi connectivity index (χ4v) is 5.29. The maximum absolute atomic E-state index is 9.71. The number of hydrogen-bond donors (Lipinski definition) is 1. The third kappa shape index (κ3) is 1.70. The van der Waals surface area contributed by atoms with Crippen LogP contribution in [0, 0.1) is 5.92 Å². The maximum Gasteiger partial charge on any atom is 0.119 e. The van der Waals surface area contributed by atoms with Gasteiger partial charge in [0, 0.05) is 11.0 Å². The third-order valence-electron chi connectivity index (χ3n) is 6.29. The number of nitrogens with zero attached hydrogens (tertiary/aromatic N) is 2. The quantitative estimate of drug-likeness (QED) is 0.640. The molecule has 4 nitrogen and oxygen atoms in total. The number of fused-ring (bicyclic) bond motifs is 1. The Labute approximate surface area is 131 Å². The second kappa shape index (κ2) is 4.98. The summed E-state index contributed by atoms with van der Waals surface area (Å²) in [6, 6.07) is 6.52. The maximum atomic E-state index is 9.71. The van der Waals surface area contributed by atoms with E-state index in [1.165, 1.54) is 37.7 Å². The summed E-state index contributed by atoms with van der Waals surface area (Å²) in [6.45, 7) is 1.07. The van der Waals surface area contributed by atoms with Crippen LogP contribution in [0.3, 0.4) is 0 Å². The van der Waals surface area contributed by atoms with Crippen LogP contribution in [-0.4, -0.2) is 42.6 Å². The molecular weight excluding hydrogens is 276 g/mol. The first kappa shape index (κ1) is 14.1. The van der Waals surface area contributed by atoms with E-state index in [9.17, 15) is 5.21 Å². The lowest BCUT2D eigenvalue weighted by atomic mass is 9.52. The lowest BCUT2D eigenvalue weighted by Crippen LogP contribution is -2.62. The zero-order chi connectivity index (χ0) is 15.3. The lowest BCUT2D eigenvalue weighted by molar-refractivity contribution is 0.0377. The summed E-state index contributed by atoms with van der Waals surface area (Å²) in [6.07, 6.45) is 6.26. The van der Waals surface area contributed by atoms with Gasteiger partial charge in [0.25, 0.3) is 0 Å². The molecule has 1 aromatic carbocycles. The highest BCUT2D eigenvalue weighted by atomic mass is 16.5. The molecule has 1 aliphatic heterocycles. The van der Waals surface area contributed by atoms with Crippen LogP contribution in [0.15, 0.2) is 23.4 Å². The predicted molar refractivity (Wildman–Crippen MR) is 86.0 cm³/mol. The summed E-state index contributed by atoms with van der Waals surface area (Å²) in [7, 11) is 3.89. The zero-order valence-electron chi connectivity index (χ0n) is 13.4. The van der Waals surface area contributed by atoms with Gasteiger partial charge in [-0.1, -0.05) is 18.0 Å². The van der Waals surface area contributed by atoms with E-state index in [0.29, 0.717) is 5.92 Å². The Kier molecular flexibility index (Phi) is 3.19. The molecule has 1 saturated carbocycles. The molecule has 3 atom stereocenters. The van der Waals surface area contributed by atoms with E-state index < -0.39 is 0 Å². The molecule has 4 heteroatoms. The number of ether oxygens (including phenoxy) is 1. The Morgan fingerprint density at radius 1 is 1.32 bits per heavy atom. The molecule has 0 radical (unpaired) electrons. The van der Waals surface area contributed by atoms with Gasteiger partial charge in [0.05, 0.1) is 13.2 Å². The van der Waals surface area contributed by atoms with E-state index in [4.69, 9.17) is 4.74 Å². The summed E-state index contributed by atoms with van der Waals surface area (Å²) >= 11 is 0. The number of benzene rings is 1. The monoisotopic (exact) mass is 300 g/mol. The van der Waals surface area contributed by atoms with E-state index in [0.717, 1.165) is 23.6 Å². The predicted octanol–water partition coefficient (Wildman–Crippen LogP) is 3.02. The van der Waals surface area contributed by atoms with Crippen molar-refractivity contribution in [3.05, 3.63) is 29.3 Å². The van der Waals surface area contributed by atoms with Crippen molar-refractivity contribution in [2.24, 2.45) is 11.1 Å². The van der Waals surface area contributed by atoms with Gasteiger partial charge >= 0.3 is 0 Å². The van der Waals surface area contributed by atoms with Crippen molar-refractivity contribution in [1.82, 2.24) is 4.90 Å². The first-order valence-corrected chi connectivity index (χ1v) is 8.32. The van der Waals surface area contributed by atoms with Crippen LogP contribution < -0.4 is 4.74 Å². The van der Waals surface area contributed by atoms with Crippen LogP contribution in [0.4, 0.5) is 0 Å². The second-order valence-corrected chi connectivity index (χ2v) is 7.08. The van der Waals surface area contributed by atoms with Crippen molar-refractivity contribution in [2.45, 2.75) is 43.6 Å². The van der Waals surface area contributed by atoms with Crippen LogP contribution >= 0.6 is 0 Å². The van der Waals surface area contributed by atoms with E-state index >= 15 is 0 Å². The standard InChI is InChI=1S/C18H24N2O2/c1-20-10-9-18-8-4-3-5-14(18)17(20)16(19-21)13-7-6-12(22-2)11-15(13)18/h6-7,11,14,17,21H,3-5,8-10H2,1-2H3/b19-16+/t14-,17-,18+/m1/s1. The molecular formula is C18H24N2O2. The Balaban J connectivity index is 1.97. The Morgan fingerprint density at radius 3 is 2.95 bits per heavy atom. The minimum absolute atomic E-state index is 0.244. The summed E-state index contributed by atoms with van der Waals surface area (Å²) in [5.41, 5.74) is 3.57. The number of likely N-dealkylation sites (N-methyl/N-ethyl adjacent to an activating group) is 1. The van der Waals surface area contributed by atoms with Gasteiger partial charge in [-0.2, -0.15) is 0 Å². The summed E-state index contributed by atoms with van der Waals surface area (Å²) in [5, 5.41) is 13.4. The van der Waals surface area contributed by atoms with Crippen LogP contribution in [0.2, 0.25) is 0 Å². The summed E-state index contributed by atoms with van der Waals surface area (Å²) < 4.78 is 5.47. The Bertz CT molecular complexity index is 628. The van der Waals surface area contributed by atoms with Crippen LogP contribution in [0.5, 0.6) is 5.75 Å². The van der Waals surface area contributed by atoms with Crippen molar-refractivity contribution >= 4 is 5.71 Å². The molecule has 118 valence electrons. The second-order valence-electron chi connectivity index (χ2n) is 7.08. The number of likely N-dealkylation sites (tertiary alicyclic amines) is 1. The van der Waals surface area contributed by atoms with Gasteiger partial charge in [0.1, 0.15) is 11.5 Å². The topological polar surface area (TPSA) is 45.1 Å². The first-order valence-electron chi connectivity index (χ1n) is 8.32. The molecule has 3 aliphatic rings. The van der Waals surface area contributed by atoms with Crippen LogP contribution in [-0.2, 0) is 5.41 Å². The first-order chi connectivity index (χ1) is 10.7. The van der Waals surface area contributed by atoms with Gasteiger partial charge in [-0.25, -0.2) is 0 Å². The smallest absolute Gasteiger partial charge is 0.119 e. The minimum atomic E-state index is 0.244. The number of hydrogen-bond acceptors (Lipinski definition) is 4. The molecule has 1 heterocycles. The Hall–Kier alpha value is -1.55. The highest BCUT2D eigenvalue weighted by molar-refractivity contribution is 6.07. The summed E-state index contributed by atoms with van der Waals surface area (Å²) in [5.74, 6) is 1.47. The number of methoxy groups -OCH3 is 1. The van der Waals surface area contributed by atoms with Gasteiger partial charge in [-0.3, -0.25) is 4.90 Å². The van der Waals surface area contributed by atoms with Gasteiger partial charge in [-0.05, 0) is 62.5 Å². The largest absolute Gasteiger partial charge is 0.497 e. The molecule has 2 bridgehead atoms. The van der Waals surface area contributed by atoms with E-state index in [2.05, 4.69) is 29.2 Å². The highest BCUT2D eigenvalue weighted by Crippen LogP contribution is 2.56. The Morgan fingerprint density at radius 2 is 2.18 bits per heavy atom. The molecule has 0 spiro atoms. The molecule has 0 aromatic heterocycles. The highest BCUT2D eigenvalue weighted by Gasteiger charge is 2.55. The van der Waals surface area contributed by atoms with Crippen molar-refractivity contribution in [3.63, 3.8) is 0 Å². The SMILES string of the molecule is COc1ccc2c(c1)[C@]13CCCC[C@@H]1[C@H](/C2=N/O)N(C)CC3. The molecule has 2 fully saturated rings.